The van der Waals surface area contributed by atoms with E-state index in [0.29, 0.717) is 6.42 Å². The van der Waals surface area contributed by atoms with E-state index in [1.807, 2.05) is 17.1 Å². The van der Waals surface area contributed by atoms with Crippen LogP contribution in [-0.4, -0.2) is 19.4 Å². The van der Waals surface area contributed by atoms with Crippen LogP contribution < -0.4 is 11.3 Å². The van der Waals surface area contributed by atoms with Crippen LogP contribution >= 0.6 is 27.5 Å². The molecule has 0 spiro atoms. The van der Waals surface area contributed by atoms with E-state index in [4.69, 9.17) is 5.84 Å². The summed E-state index contributed by atoms with van der Waals surface area (Å²) in [5, 5.41) is 10.4. The Morgan fingerprint density at radius 2 is 2.39 bits per heavy atom. The van der Waals surface area contributed by atoms with Gasteiger partial charge in [0.05, 0.1) is 27.6 Å². The van der Waals surface area contributed by atoms with Crippen LogP contribution in [0.5, 0.6) is 0 Å². The molecule has 0 bridgehead atoms. The first-order valence-electron chi connectivity index (χ1n) is 5.60. The molecule has 0 saturated heterocycles. The Labute approximate surface area is 118 Å². The first-order chi connectivity index (χ1) is 8.67. The van der Waals surface area contributed by atoms with Gasteiger partial charge in [-0.15, -0.1) is 5.10 Å². The summed E-state index contributed by atoms with van der Waals surface area (Å²) in [6.45, 7) is 2.08. The molecule has 18 heavy (non-hydrogen) atoms. The lowest BCUT2D eigenvalue weighted by Gasteiger charge is -2.13. The standard InChI is InChI=1S/C10H15BrN6S/c1-3-6-10(11)9(17(2)15-6)4-7(13-12)8-5-18-16-14-8/h5,7,13H,3-4,12H2,1-2H3. The van der Waals surface area contributed by atoms with Crippen molar-refractivity contribution >= 4 is 27.5 Å². The van der Waals surface area contributed by atoms with Crippen LogP contribution in [0.15, 0.2) is 9.85 Å². The molecule has 0 fully saturated rings. The molecule has 0 saturated carbocycles. The molecule has 0 aliphatic rings. The van der Waals surface area contributed by atoms with E-state index in [2.05, 4.69) is 43.0 Å². The first kappa shape index (κ1) is 13.6. The Morgan fingerprint density at radius 3 is 2.89 bits per heavy atom. The van der Waals surface area contributed by atoms with E-state index >= 15 is 0 Å². The summed E-state index contributed by atoms with van der Waals surface area (Å²) in [6, 6.07) is -0.0554. The third kappa shape index (κ3) is 2.61. The highest BCUT2D eigenvalue weighted by Gasteiger charge is 2.19. The Hall–Kier alpha value is -0.830. The molecule has 1 atom stereocenters. The Bertz CT molecular complexity index is 509. The van der Waals surface area contributed by atoms with Crippen molar-refractivity contribution in [3.05, 3.63) is 26.9 Å². The second-order valence-electron chi connectivity index (χ2n) is 3.94. The van der Waals surface area contributed by atoms with E-state index in [-0.39, 0.29) is 6.04 Å². The van der Waals surface area contributed by atoms with Crippen molar-refractivity contribution < 1.29 is 0 Å². The molecule has 0 radical (unpaired) electrons. The molecule has 3 N–H and O–H groups in total. The van der Waals surface area contributed by atoms with E-state index in [1.165, 1.54) is 11.5 Å². The summed E-state index contributed by atoms with van der Waals surface area (Å²) in [7, 11) is 1.94. The number of nitrogens with two attached hydrogens (primary N) is 1. The molecular weight excluding hydrogens is 316 g/mol. The quantitative estimate of drug-likeness (QED) is 0.638. The number of hydrogen-bond donors (Lipinski definition) is 2. The number of aromatic nitrogens is 4. The summed E-state index contributed by atoms with van der Waals surface area (Å²) >= 11 is 4.92. The van der Waals surface area contributed by atoms with Crippen LogP contribution in [-0.2, 0) is 19.9 Å². The first-order valence-corrected chi connectivity index (χ1v) is 7.23. The van der Waals surface area contributed by atoms with Gasteiger partial charge in [-0.1, -0.05) is 11.4 Å². The van der Waals surface area contributed by atoms with Gasteiger partial charge >= 0.3 is 0 Å². The fourth-order valence-corrected chi connectivity index (χ4v) is 3.09. The Kier molecular flexibility index (Phi) is 4.44. The second-order valence-corrected chi connectivity index (χ2v) is 5.34. The van der Waals surface area contributed by atoms with Gasteiger partial charge in [-0.05, 0) is 33.9 Å². The zero-order chi connectivity index (χ0) is 13.1. The van der Waals surface area contributed by atoms with Crippen molar-refractivity contribution in [3.8, 4) is 0 Å². The molecule has 2 aromatic heterocycles. The van der Waals surface area contributed by atoms with Crippen LogP contribution in [0.4, 0.5) is 0 Å². The normalized spacial score (nSPS) is 12.9. The summed E-state index contributed by atoms with van der Waals surface area (Å²) < 4.78 is 6.79. The van der Waals surface area contributed by atoms with Crippen LogP contribution in [0.25, 0.3) is 0 Å². The van der Waals surface area contributed by atoms with Crippen LogP contribution in [0, 0.1) is 0 Å². The molecule has 8 heteroatoms. The number of aryl methyl sites for hydroxylation is 2. The number of rotatable bonds is 5. The van der Waals surface area contributed by atoms with Crippen LogP contribution in [0.1, 0.15) is 30.0 Å². The van der Waals surface area contributed by atoms with Crippen LogP contribution in [0.3, 0.4) is 0 Å². The lowest BCUT2D eigenvalue weighted by molar-refractivity contribution is 0.516. The zero-order valence-electron chi connectivity index (χ0n) is 10.2. The number of nitrogens with zero attached hydrogens (tertiary/aromatic N) is 4. The molecule has 1 unspecified atom stereocenters. The number of hydrogen-bond acceptors (Lipinski definition) is 6. The monoisotopic (exact) mass is 330 g/mol. The lowest BCUT2D eigenvalue weighted by Crippen LogP contribution is -2.30. The van der Waals surface area contributed by atoms with Crippen molar-refractivity contribution in [1.29, 1.82) is 0 Å². The summed E-state index contributed by atoms with van der Waals surface area (Å²) in [4.78, 5) is 0. The van der Waals surface area contributed by atoms with Crippen molar-refractivity contribution in [2.24, 2.45) is 12.9 Å². The highest BCUT2D eigenvalue weighted by molar-refractivity contribution is 9.10. The summed E-state index contributed by atoms with van der Waals surface area (Å²) in [5.41, 5.74) is 5.79. The van der Waals surface area contributed by atoms with Crippen molar-refractivity contribution in [3.63, 3.8) is 0 Å². The third-order valence-electron chi connectivity index (χ3n) is 2.84. The minimum Gasteiger partial charge on any atom is -0.271 e. The third-order valence-corrected chi connectivity index (χ3v) is 4.27. The predicted octanol–water partition coefficient (Wildman–Crippen LogP) is 1.34. The van der Waals surface area contributed by atoms with Gasteiger partial charge in [0.15, 0.2) is 0 Å². The van der Waals surface area contributed by atoms with E-state index in [1.54, 1.807) is 0 Å². The fourth-order valence-electron chi connectivity index (χ4n) is 1.81. The van der Waals surface area contributed by atoms with Gasteiger partial charge in [0, 0.05) is 18.8 Å². The maximum absolute atomic E-state index is 5.59. The van der Waals surface area contributed by atoms with E-state index in [0.717, 1.165) is 28.0 Å². The van der Waals surface area contributed by atoms with Gasteiger partial charge in [-0.2, -0.15) is 5.10 Å². The molecule has 6 nitrogen and oxygen atoms in total. The van der Waals surface area contributed by atoms with Gasteiger partial charge < -0.3 is 0 Å². The lowest BCUT2D eigenvalue weighted by atomic mass is 10.1. The SMILES string of the molecule is CCc1nn(C)c(CC(NN)c2csnn2)c1Br. The summed E-state index contributed by atoms with van der Waals surface area (Å²) in [5.74, 6) is 5.59. The molecule has 98 valence electrons. The number of nitrogens with one attached hydrogen (secondary N) is 1. The highest BCUT2D eigenvalue weighted by atomic mass is 79.9. The van der Waals surface area contributed by atoms with Crippen molar-refractivity contribution in [1.82, 2.24) is 24.8 Å². The Morgan fingerprint density at radius 1 is 1.61 bits per heavy atom. The Balaban J connectivity index is 2.25. The molecule has 0 aliphatic heterocycles. The maximum Gasteiger partial charge on any atom is 0.0942 e. The molecule has 0 aliphatic carbocycles. The molecule has 0 amide bonds. The molecule has 2 aromatic rings. The van der Waals surface area contributed by atoms with Gasteiger partial charge in [0.25, 0.3) is 0 Å². The minimum atomic E-state index is -0.0554. The largest absolute Gasteiger partial charge is 0.271 e. The van der Waals surface area contributed by atoms with Crippen molar-refractivity contribution in [2.75, 3.05) is 0 Å². The van der Waals surface area contributed by atoms with Gasteiger partial charge in [-0.3, -0.25) is 16.0 Å². The maximum atomic E-state index is 5.59. The van der Waals surface area contributed by atoms with E-state index in [9.17, 15) is 0 Å². The van der Waals surface area contributed by atoms with Crippen LogP contribution in [0.2, 0.25) is 0 Å². The average Bonchev–Trinajstić information content (AvgIpc) is 2.97. The van der Waals surface area contributed by atoms with Gasteiger partial charge in [0.1, 0.15) is 0 Å². The van der Waals surface area contributed by atoms with E-state index < -0.39 is 0 Å². The molecule has 2 heterocycles. The zero-order valence-corrected chi connectivity index (χ0v) is 12.6. The topological polar surface area (TPSA) is 81.7 Å². The predicted molar refractivity (Wildman–Crippen MR) is 74.0 cm³/mol. The fraction of sp³-hybridized carbons (Fsp3) is 0.500. The molecular formula is C10H15BrN6S. The second kappa shape index (κ2) is 5.87. The van der Waals surface area contributed by atoms with Crippen molar-refractivity contribution in [2.45, 2.75) is 25.8 Å². The van der Waals surface area contributed by atoms with Gasteiger partial charge in [-0.25, -0.2) is 0 Å². The molecule has 2 rings (SSSR count). The number of hydrazine groups is 1. The average molecular weight is 331 g/mol. The smallest absolute Gasteiger partial charge is 0.0942 e. The number of halogens is 1. The summed E-state index contributed by atoms with van der Waals surface area (Å²) in [6.07, 6.45) is 1.61. The minimum absolute atomic E-state index is 0.0554. The molecule has 0 aromatic carbocycles. The highest BCUT2D eigenvalue weighted by Crippen LogP contribution is 2.26. The van der Waals surface area contributed by atoms with Gasteiger partial charge in [0.2, 0.25) is 0 Å².